The molecule has 1 rings (SSSR count). The summed E-state index contributed by atoms with van der Waals surface area (Å²) in [6, 6.07) is -1.11. The van der Waals surface area contributed by atoms with E-state index in [1.54, 1.807) is 5.32 Å². The molecule has 0 atom stereocenters. The summed E-state index contributed by atoms with van der Waals surface area (Å²) in [6.45, 7) is 1.87. The number of likely N-dealkylation sites (tertiary alicyclic amines) is 1. The van der Waals surface area contributed by atoms with Crippen molar-refractivity contribution in [3.63, 3.8) is 0 Å². The molecule has 0 unspecified atom stereocenters. The van der Waals surface area contributed by atoms with Crippen LogP contribution in [0.15, 0.2) is 0 Å². The average Bonchev–Trinajstić information content (AvgIpc) is 2.49. The molecule has 0 saturated carbocycles. The van der Waals surface area contributed by atoms with E-state index < -0.39 is 24.7 Å². The molecule has 0 spiro atoms. The predicted octanol–water partition coefficient (Wildman–Crippen LogP) is 1.51. The Hall–Kier alpha value is -1.06. The zero-order valence-electron chi connectivity index (χ0n) is 13.7. The minimum atomic E-state index is -4.49. The van der Waals surface area contributed by atoms with Crippen LogP contribution < -0.4 is 16.0 Å². The number of halogens is 4. The fourth-order valence-electron chi connectivity index (χ4n) is 2.52. The van der Waals surface area contributed by atoms with Crippen LogP contribution >= 0.6 is 12.4 Å². The molecule has 1 heterocycles. The first-order chi connectivity index (χ1) is 10.8. The maximum atomic E-state index is 11.9. The van der Waals surface area contributed by atoms with Gasteiger partial charge in [-0.25, -0.2) is 4.79 Å². The lowest BCUT2D eigenvalue weighted by atomic mass is 9.93. The smallest absolute Gasteiger partial charge is 0.329 e. The van der Waals surface area contributed by atoms with Crippen molar-refractivity contribution >= 4 is 24.3 Å². The molecule has 1 aliphatic heterocycles. The van der Waals surface area contributed by atoms with E-state index in [4.69, 9.17) is 0 Å². The molecule has 1 saturated heterocycles. The van der Waals surface area contributed by atoms with Gasteiger partial charge in [-0.1, -0.05) is 0 Å². The number of piperidine rings is 1. The summed E-state index contributed by atoms with van der Waals surface area (Å²) in [4.78, 5) is 24.8. The molecule has 0 aromatic carbocycles. The lowest BCUT2D eigenvalue weighted by Crippen LogP contribution is -2.44. The van der Waals surface area contributed by atoms with E-state index in [-0.39, 0.29) is 18.8 Å². The number of nitrogens with one attached hydrogen (secondary N) is 3. The molecule has 3 N–H and O–H groups in total. The number of amides is 3. The van der Waals surface area contributed by atoms with Gasteiger partial charge >= 0.3 is 12.2 Å². The zero-order valence-corrected chi connectivity index (χ0v) is 14.6. The van der Waals surface area contributed by atoms with Crippen molar-refractivity contribution in [1.82, 2.24) is 20.9 Å². The van der Waals surface area contributed by atoms with Gasteiger partial charge in [0, 0.05) is 13.0 Å². The fraction of sp³-hybridized carbons (Fsp3) is 0.857. The first-order valence-electron chi connectivity index (χ1n) is 7.81. The van der Waals surface area contributed by atoms with Crippen molar-refractivity contribution in [2.24, 2.45) is 5.92 Å². The summed E-state index contributed by atoms with van der Waals surface area (Å²) >= 11 is 0. The number of hydrogen-bond donors (Lipinski definition) is 3. The molecule has 0 aromatic heterocycles. The first-order valence-corrected chi connectivity index (χ1v) is 7.81. The van der Waals surface area contributed by atoms with Gasteiger partial charge in [0.2, 0.25) is 5.91 Å². The molecular weight excluding hydrogens is 349 g/mol. The summed E-state index contributed by atoms with van der Waals surface area (Å²) in [7, 11) is 1.93. The highest BCUT2D eigenvalue weighted by molar-refractivity contribution is 5.94. The third kappa shape index (κ3) is 10.7. The summed E-state index contributed by atoms with van der Waals surface area (Å²) in [5.74, 6) is 0.127. The average molecular weight is 375 g/mol. The number of urea groups is 1. The van der Waals surface area contributed by atoms with Crippen molar-refractivity contribution in [2.45, 2.75) is 31.9 Å². The Labute approximate surface area is 146 Å². The van der Waals surface area contributed by atoms with Crippen molar-refractivity contribution < 1.29 is 22.8 Å². The Morgan fingerprint density at radius 3 is 2.38 bits per heavy atom. The second kappa shape index (κ2) is 11.5. The van der Waals surface area contributed by atoms with Gasteiger partial charge in [0.05, 0.1) is 0 Å². The monoisotopic (exact) mass is 374 g/mol. The van der Waals surface area contributed by atoms with Crippen LogP contribution in [0, 0.1) is 5.92 Å². The minimum Gasteiger partial charge on any atom is -0.329 e. The van der Waals surface area contributed by atoms with Gasteiger partial charge in [-0.05, 0) is 51.9 Å². The SMILES string of the molecule is CNCCC1CCN(CCC(=O)NC(=O)NCC(F)(F)F)CC1.Cl. The number of nitrogens with zero attached hydrogens (tertiary/aromatic N) is 1. The van der Waals surface area contributed by atoms with E-state index in [9.17, 15) is 22.8 Å². The van der Waals surface area contributed by atoms with E-state index in [0.717, 1.165) is 38.9 Å². The van der Waals surface area contributed by atoms with Gasteiger partial charge < -0.3 is 15.5 Å². The summed E-state index contributed by atoms with van der Waals surface area (Å²) in [5, 5.41) is 6.64. The number of rotatable bonds is 7. The lowest BCUT2D eigenvalue weighted by molar-refractivity contribution is -0.124. The molecule has 1 fully saturated rings. The first kappa shape index (κ1) is 22.9. The molecule has 10 heteroatoms. The fourth-order valence-corrected chi connectivity index (χ4v) is 2.52. The van der Waals surface area contributed by atoms with Crippen LogP contribution in [0.1, 0.15) is 25.7 Å². The Balaban J connectivity index is 0.00000529. The highest BCUT2D eigenvalue weighted by atomic mass is 35.5. The molecule has 3 amide bonds. The Kier molecular flexibility index (Phi) is 11.0. The third-order valence-corrected chi connectivity index (χ3v) is 3.87. The molecule has 6 nitrogen and oxygen atoms in total. The van der Waals surface area contributed by atoms with Crippen LogP contribution in [0.2, 0.25) is 0 Å². The molecule has 1 aliphatic rings. The molecule has 0 aliphatic carbocycles. The largest absolute Gasteiger partial charge is 0.405 e. The van der Waals surface area contributed by atoms with E-state index in [0.29, 0.717) is 12.5 Å². The van der Waals surface area contributed by atoms with Crippen molar-refractivity contribution in [3.8, 4) is 0 Å². The third-order valence-electron chi connectivity index (χ3n) is 3.87. The Morgan fingerprint density at radius 1 is 1.21 bits per heavy atom. The normalized spacial score (nSPS) is 16.3. The van der Waals surface area contributed by atoms with E-state index in [1.165, 1.54) is 0 Å². The maximum absolute atomic E-state index is 11.9. The second-order valence-corrected chi connectivity index (χ2v) is 5.77. The summed E-state index contributed by atoms with van der Waals surface area (Å²) in [6.07, 6.45) is -1.09. The van der Waals surface area contributed by atoms with Crippen molar-refractivity contribution in [3.05, 3.63) is 0 Å². The standard InChI is InChI=1S/C14H25F3N4O2.ClH/c1-18-6-2-11-3-7-21(8-4-11)9-5-12(22)20-13(23)19-10-14(15,16)17;/h11,18H,2-10H2,1H3,(H2,19,20,22,23);1H. The van der Waals surface area contributed by atoms with Gasteiger partial charge in [0.25, 0.3) is 0 Å². The molecule has 24 heavy (non-hydrogen) atoms. The summed E-state index contributed by atoms with van der Waals surface area (Å²) < 4.78 is 35.7. The van der Waals surface area contributed by atoms with Crippen LogP contribution in [-0.2, 0) is 4.79 Å². The number of hydrogen-bond acceptors (Lipinski definition) is 4. The number of alkyl halides is 3. The van der Waals surface area contributed by atoms with Crippen LogP contribution in [0.25, 0.3) is 0 Å². The number of imide groups is 1. The van der Waals surface area contributed by atoms with E-state index in [1.807, 2.05) is 12.4 Å². The Morgan fingerprint density at radius 2 is 1.83 bits per heavy atom. The van der Waals surface area contributed by atoms with Gasteiger partial charge in [0.1, 0.15) is 6.54 Å². The maximum Gasteiger partial charge on any atom is 0.405 e. The molecular formula is C14H26ClF3N4O2. The predicted molar refractivity (Wildman–Crippen MR) is 87.2 cm³/mol. The van der Waals surface area contributed by atoms with Crippen molar-refractivity contribution in [1.29, 1.82) is 0 Å². The van der Waals surface area contributed by atoms with Crippen LogP contribution in [0.4, 0.5) is 18.0 Å². The minimum absolute atomic E-state index is 0. The molecule has 0 bridgehead atoms. The van der Waals surface area contributed by atoms with Gasteiger partial charge in [-0.3, -0.25) is 10.1 Å². The lowest BCUT2D eigenvalue weighted by Gasteiger charge is -2.31. The number of carbonyl (C=O) groups excluding carboxylic acids is 2. The topological polar surface area (TPSA) is 73.5 Å². The van der Waals surface area contributed by atoms with Crippen molar-refractivity contribution in [2.75, 3.05) is 39.8 Å². The van der Waals surface area contributed by atoms with E-state index in [2.05, 4.69) is 10.2 Å². The second-order valence-electron chi connectivity index (χ2n) is 5.77. The number of carbonyl (C=O) groups is 2. The van der Waals surface area contributed by atoms with E-state index >= 15 is 0 Å². The molecule has 0 aromatic rings. The van der Waals surface area contributed by atoms with Gasteiger partial charge in [0.15, 0.2) is 0 Å². The Bertz CT molecular complexity index is 389. The van der Waals surface area contributed by atoms with Crippen LogP contribution in [0.3, 0.4) is 0 Å². The summed E-state index contributed by atoms with van der Waals surface area (Å²) in [5.41, 5.74) is 0. The van der Waals surface area contributed by atoms with Crippen LogP contribution in [-0.4, -0.2) is 62.8 Å². The molecule has 0 radical (unpaired) electrons. The van der Waals surface area contributed by atoms with Gasteiger partial charge in [-0.15, -0.1) is 12.4 Å². The highest BCUT2D eigenvalue weighted by Gasteiger charge is 2.28. The quantitative estimate of drug-likeness (QED) is 0.631. The zero-order chi connectivity index (χ0) is 17.3. The van der Waals surface area contributed by atoms with Crippen LogP contribution in [0.5, 0.6) is 0 Å². The van der Waals surface area contributed by atoms with Gasteiger partial charge in [-0.2, -0.15) is 13.2 Å². The molecule has 142 valence electrons. The highest BCUT2D eigenvalue weighted by Crippen LogP contribution is 2.19.